The van der Waals surface area contributed by atoms with Crippen molar-refractivity contribution in [2.45, 2.75) is 26.9 Å². The molecule has 1 amide bonds. The lowest BCUT2D eigenvalue weighted by molar-refractivity contribution is -0.136. The van der Waals surface area contributed by atoms with Crippen LogP contribution in [0.15, 0.2) is 41.0 Å². The Labute approximate surface area is 152 Å². The van der Waals surface area contributed by atoms with Crippen molar-refractivity contribution in [3.63, 3.8) is 0 Å². The predicted octanol–water partition coefficient (Wildman–Crippen LogP) is 2.68. The molecule has 6 nitrogen and oxygen atoms in total. The molecule has 6 heteroatoms. The van der Waals surface area contributed by atoms with E-state index in [2.05, 4.69) is 47.3 Å². The van der Waals surface area contributed by atoms with Gasteiger partial charge in [-0.15, -0.1) is 0 Å². The first-order chi connectivity index (χ1) is 12.6. The van der Waals surface area contributed by atoms with Crippen LogP contribution in [0.3, 0.4) is 0 Å². The van der Waals surface area contributed by atoms with Crippen molar-refractivity contribution in [3.05, 3.63) is 58.7 Å². The zero-order chi connectivity index (χ0) is 18.1. The van der Waals surface area contributed by atoms with Gasteiger partial charge in [-0.1, -0.05) is 30.3 Å². The Morgan fingerprint density at radius 3 is 2.73 bits per heavy atom. The molecule has 0 aliphatic carbocycles. The van der Waals surface area contributed by atoms with Crippen molar-refractivity contribution in [2.24, 2.45) is 0 Å². The van der Waals surface area contributed by atoms with E-state index >= 15 is 0 Å². The molecule has 0 unspecified atom stereocenters. The Hall–Kier alpha value is -2.73. The molecule has 1 aliphatic heterocycles. The van der Waals surface area contributed by atoms with Crippen LogP contribution in [0.2, 0.25) is 0 Å². The van der Waals surface area contributed by atoms with Crippen LogP contribution in [0.5, 0.6) is 0 Å². The van der Waals surface area contributed by atoms with Gasteiger partial charge in [-0.2, -0.15) is 0 Å². The molecule has 2 aromatic carbocycles. The maximum absolute atomic E-state index is 12.6. The second-order valence-corrected chi connectivity index (χ2v) is 6.99. The summed E-state index contributed by atoms with van der Waals surface area (Å²) < 4.78 is 4.82. The zero-order valence-corrected chi connectivity index (χ0v) is 15.1. The molecule has 0 bridgehead atoms. The van der Waals surface area contributed by atoms with Crippen molar-refractivity contribution < 1.29 is 9.42 Å². The fourth-order valence-corrected chi connectivity index (χ4v) is 3.41. The van der Waals surface area contributed by atoms with E-state index < -0.39 is 0 Å². The van der Waals surface area contributed by atoms with Crippen LogP contribution >= 0.6 is 0 Å². The average Bonchev–Trinajstić information content (AvgIpc) is 3.10. The molecule has 1 aromatic heterocycles. The number of aryl methyl sites for hydroxylation is 2. The van der Waals surface area contributed by atoms with Crippen LogP contribution < -0.4 is 0 Å². The molecule has 0 N–H and O–H groups in total. The number of fused-ring (bicyclic) bond motifs is 1. The first-order valence-electron chi connectivity index (χ1n) is 8.86. The van der Waals surface area contributed by atoms with Crippen molar-refractivity contribution in [2.75, 3.05) is 19.6 Å². The number of rotatable bonds is 4. The topological polar surface area (TPSA) is 62.5 Å². The van der Waals surface area contributed by atoms with Gasteiger partial charge in [0, 0.05) is 26.2 Å². The highest BCUT2D eigenvalue weighted by atomic mass is 16.6. The van der Waals surface area contributed by atoms with E-state index in [0.29, 0.717) is 19.6 Å². The van der Waals surface area contributed by atoms with Crippen molar-refractivity contribution in [3.8, 4) is 0 Å². The van der Waals surface area contributed by atoms with Gasteiger partial charge in [0.05, 0.1) is 6.54 Å². The lowest BCUT2D eigenvalue weighted by atomic mass is 10.1. The van der Waals surface area contributed by atoms with Gasteiger partial charge in [-0.05, 0) is 52.5 Å². The molecule has 0 saturated carbocycles. The highest BCUT2D eigenvalue weighted by Crippen LogP contribution is 2.19. The van der Waals surface area contributed by atoms with Crippen LogP contribution in [0.1, 0.15) is 22.3 Å². The van der Waals surface area contributed by atoms with E-state index in [-0.39, 0.29) is 5.91 Å². The molecule has 0 radical (unpaired) electrons. The van der Waals surface area contributed by atoms with Gasteiger partial charge in [0.2, 0.25) is 5.91 Å². The number of piperazine rings is 1. The molecule has 0 atom stereocenters. The molecule has 26 heavy (non-hydrogen) atoms. The summed E-state index contributed by atoms with van der Waals surface area (Å²) in [6.45, 7) is 7.57. The number of amides is 1. The molecule has 2 heterocycles. The van der Waals surface area contributed by atoms with Gasteiger partial charge >= 0.3 is 0 Å². The number of carbonyl (C=O) groups excluding carboxylic acids is 1. The minimum Gasteiger partial charge on any atom is -0.336 e. The smallest absolute Gasteiger partial charge is 0.237 e. The molecule has 1 fully saturated rings. The third-order valence-electron chi connectivity index (χ3n) is 5.11. The Morgan fingerprint density at radius 1 is 1.04 bits per heavy atom. The number of aromatic nitrogens is 2. The molecule has 134 valence electrons. The van der Waals surface area contributed by atoms with Crippen molar-refractivity contribution >= 4 is 16.9 Å². The minimum absolute atomic E-state index is 0.167. The molecule has 4 rings (SSSR count). The second-order valence-electron chi connectivity index (χ2n) is 6.99. The van der Waals surface area contributed by atoms with Crippen LogP contribution in [0.25, 0.3) is 11.0 Å². The highest BCUT2D eigenvalue weighted by molar-refractivity contribution is 5.79. The molecular formula is C20H22N4O2. The van der Waals surface area contributed by atoms with E-state index in [4.69, 9.17) is 4.63 Å². The predicted molar refractivity (Wildman–Crippen MR) is 98.4 cm³/mol. The Kier molecular flexibility index (Phi) is 4.42. The Balaban J connectivity index is 1.41. The van der Waals surface area contributed by atoms with E-state index in [1.807, 2.05) is 23.1 Å². The first kappa shape index (κ1) is 16.7. The van der Waals surface area contributed by atoms with Crippen LogP contribution in [-0.2, 0) is 17.9 Å². The maximum atomic E-state index is 12.6. The molecule has 1 aliphatic rings. The summed E-state index contributed by atoms with van der Waals surface area (Å²) in [5.41, 5.74) is 6.30. The standard InChI is InChI=1S/C20H22N4O2/c1-14-6-7-16(10-15(14)2)11-24-9-8-23(13-19(24)25)12-17-4-3-5-18-20(17)22-26-21-18/h3-7,10H,8-9,11-13H2,1-2H3. The van der Waals surface area contributed by atoms with Crippen molar-refractivity contribution in [1.82, 2.24) is 20.1 Å². The third kappa shape index (κ3) is 3.32. The summed E-state index contributed by atoms with van der Waals surface area (Å²) in [7, 11) is 0. The fourth-order valence-electron chi connectivity index (χ4n) is 3.41. The van der Waals surface area contributed by atoms with E-state index in [0.717, 1.165) is 29.7 Å². The van der Waals surface area contributed by atoms with Gasteiger partial charge in [0.15, 0.2) is 0 Å². The number of carbonyl (C=O) groups is 1. The fraction of sp³-hybridized carbons (Fsp3) is 0.350. The van der Waals surface area contributed by atoms with Crippen LogP contribution in [0, 0.1) is 13.8 Å². The number of hydrogen-bond donors (Lipinski definition) is 0. The van der Waals surface area contributed by atoms with Crippen LogP contribution in [-0.4, -0.2) is 45.7 Å². The van der Waals surface area contributed by atoms with E-state index in [9.17, 15) is 4.79 Å². The van der Waals surface area contributed by atoms with Crippen LogP contribution in [0.4, 0.5) is 0 Å². The molecular weight excluding hydrogens is 328 g/mol. The lowest BCUT2D eigenvalue weighted by Crippen LogP contribution is -2.49. The quantitative estimate of drug-likeness (QED) is 0.724. The largest absolute Gasteiger partial charge is 0.336 e. The number of benzene rings is 2. The molecule has 0 spiro atoms. The number of nitrogens with zero attached hydrogens (tertiary/aromatic N) is 4. The van der Waals surface area contributed by atoms with Crippen molar-refractivity contribution in [1.29, 1.82) is 0 Å². The van der Waals surface area contributed by atoms with Gasteiger partial charge in [0.25, 0.3) is 0 Å². The maximum Gasteiger partial charge on any atom is 0.237 e. The summed E-state index contributed by atoms with van der Waals surface area (Å²) in [4.78, 5) is 16.7. The third-order valence-corrected chi connectivity index (χ3v) is 5.11. The van der Waals surface area contributed by atoms with Gasteiger partial charge in [0.1, 0.15) is 11.0 Å². The van der Waals surface area contributed by atoms with Gasteiger partial charge < -0.3 is 4.90 Å². The average molecular weight is 350 g/mol. The normalized spacial score (nSPS) is 15.8. The Bertz CT molecular complexity index is 950. The summed E-state index contributed by atoms with van der Waals surface area (Å²) in [5, 5.41) is 7.86. The minimum atomic E-state index is 0.167. The van der Waals surface area contributed by atoms with E-state index in [1.54, 1.807) is 0 Å². The van der Waals surface area contributed by atoms with Gasteiger partial charge in [-0.3, -0.25) is 9.69 Å². The zero-order valence-electron chi connectivity index (χ0n) is 15.1. The molecule has 1 saturated heterocycles. The first-order valence-corrected chi connectivity index (χ1v) is 8.86. The summed E-state index contributed by atoms with van der Waals surface area (Å²) in [6.07, 6.45) is 0. The Morgan fingerprint density at radius 2 is 1.92 bits per heavy atom. The summed E-state index contributed by atoms with van der Waals surface area (Å²) in [6, 6.07) is 12.2. The second kappa shape index (κ2) is 6.88. The van der Waals surface area contributed by atoms with Gasteiger partial charge in [-0.25, -0.2) is 4.63 Å². The number of hydrogen-bond acceptors (Lipinski definition) is 5. The van der Waals surface area contributed by atoms with E-state index in [1.165, 1.54) is 16.7 Å². The monoisotopic (exact) mass is 350 g/mol. The summed E-state index contributed by atoms with van der Waals surface area (Å²) >= 11 is 0. The highest BCUT2D eigenvalue weighted by Gasteiger charge is 2.24. The SMILES string of the molecule is Cc1ccc(CN2CCN(Cc3cccc4nonc34)CC2=O)cc1C. The molecule has 3 aromatic rings. The summed E-state index contributed by atoms with van der Waals surface area (Å²) in [5.74, 6) is 0.167. The lowest BCUT2D eigenvalue weighted by Gasteiger charge is -2.34.